The van der Waals surface area contributed by atoms with Crippen molar-refractivity contribution in [2.24, 2.45) is 0 Å². The van der Waals surface area contributed by atoms with Gasteiger partial charge in [-0.3, -0.25) is 0 Å². The van der Waals surface area contributed by atoms with E-state index in [1.165, 1.54) is 0 Å². The average molecular weight is 235 g/mol. The molecule has 0 bridgehead atoms. The van der Waals surface area contributed by atoms with Crippen molar-refractivity contribution in [2.45, 2.75) is 5.75 Å². The Bertz CT molecular complexity index is 318. The van der Waals surface area contributed by atoms with Crippen molar-refractivity contribution >= 4 is 23.1 Å². The zero-order valence-electron chi connectivity index (χ0n) is 5.70. The van der Waals surface area contributed by atoms with E-state index in [1.54, 1.807) is 12.1 Å². The van der Waals surface area contributed by atoms with E-state index in [9.17, 15) is 8.42 Å². The molecule has 0 aliphatic carbocycles. The highest BCUT2D eigenvalue weighted by atomic mass is 79.9. The van der Waals surface area contributed by atoms with Gasteiger partial charge in [-0.15, -0.1) is 0 Å². The molecule has 0 spiro atoms. The molecule has 0 aliphatic rings. The first-order chi connectivity index (χ1) is 5.08. The van der Waals surface area contributed by atoms with Crippen LogP contribution in [0, 0.1) is 0 Å². The highest BCUT2D eigenvalue weighted by molar-refractivity contribution is 9.47. The topological polar surface area (TPSA) is 34.1 Å². The van der Waals surface area contributed by atoms with Crippen LogP contribution < -0.4 is 0 Å². The summed E-state index contributed by atoms with van der Waals surface area (Å²) in [4.78, 5) is 0. The molecule has 0 heterocycles. The standard InChI is InChI=1S/C7H7BrO2S/c8-11(9,10)6-7-4-2-1-3-5-7/h1-5H,6H2. The lowest BCUT2D eigenvalue weighted by atomic mass is 10.2. The van der Waals surface area contributed by atoms with Gasteiger partial charge < -0.3 is 0 Å². The van der Waals surface area contributed by atoms with Gasteiger partial charge in [0.1, 0.15) is 0 Å². The monoisotopic (exact) mass is 234 g/mol. The molecule has 0 atom stereocenters. The highest BCUT2D eigenvalue weighted by Crippen LogP contribution is 2.10. The zero-order valence-corrected chi connectivity index (χ0v) is 8.10. The van der Waals surface area contributed by atoms with E-state index in [4.69, 9.17) is 0 Å². The van der Waals surface area contributed by atoms with Crippen LogP contribution in [0.2, 0.25) is 0 Å². The third-order valence-corrected chi connectivity index (χ3v) is 2.55. The molecule has 1 aromatic rings. The largest absolute Gasteiger partial charge is 0.217 e. The molecule has 1 aromatic carbocycles. The molecule has 4 heteroatoms. The minimum atomic E-state index is -3.06. The van der Waals surface area contributed by atoms with Crippen LogP contribution >= 0.6 is 14.8 Å². The van der Waals surface area contributed by atoms with Crippen LogP contribution in [0.5, 0.6) is 0 Å². The van der Waals surface area contributed by atoms with E-state index in [1.807, 2.05) is 18.2 Å². The summed E-state index contributed by atoms with van der Waals surface area (Å²) in [5, 5.41) is 0. The summed E-state index contributed by atoms with van der Waals surface area (Å²) in [5.41, 5.74) is 0.796. The molecule has 0 unspecified atom stereocenters. The van der Waals surface area contributed by atoms with Crippen LogP contribution in [-0.2, 0) is 14.0 Å². The number of hydrogen-bond acceptors (Lipinski definition) is 2. The van der Waals surface area contributed by atoms with E-state index in [0.29, 0.717) is 0 Å². The summed E-state index contributed by atoms with van der Waals surface area (Å²) in [7, 11) is -3.06. The van der Waals surface area contributed by atoms with Gasteiger partial charge in [-0.1, -0.05) is 30.3 Å². The van der Waals surface area contributed by atoms with Gasteiger partial charge in [0.05, 0.1) is 20.6 Å². The molecule has 60 valence electrons. The molecule has 0 aromatic heterocycles. The summed E-state index contributed by atoms with van der Waals surface area (Å²) in [5.74, 6) is 0.0494. The van der Waals surface area contributed by atoms with E-state index in [0.717, 1.165) is 5.56 Å². The van der Waals surface area contributed by atoms with Crippen molar-refractivity contribution in [3.63, 3.8) is 0 Å². The second kappa shape index (κ2) is 3.36. The molecular weight excluding hydrogens is 228 g/mol. The van der Waals surface area contributed by atoms with Crippen LogP contribution in [0.3, 0.4) is 0 Å². The maximum Gasteiger partial charge on any atom is 0.213 e. The molecule has 0 aliphatic heterocycles. The van der Waals surface area contributed by atoms with Gasteiger partial charge in [0.25, 0.3) is 0 Å². The van der Waals surface area contributed by atoms with Gasteiger partial charge in [0.2, 0.25) is 8.27 Å². The molecule has 2 nitrogen and oxygen atoms in total. The van der Waals surface area contributed by atoms with E-state index < -0.39 is 8.27 Å². The molecular formula is C7H7BrO2S. The Balaban J connectivity index is 2.82. The van der Waals surface area contributed by atoms with E-state index in [-0.39, 0.29) is 5.75 Å². The minimum absolute atomic E-state index is 0.0494. The lowest BCUT2D eigenvalue weighted by Gasteiger charge is -1.94. The van der Waals surface area contributed by atoms with Gasteiger partial charge in [0.15, 0.2) is 0 Å². The van der Waals surface area contributed by atoms with Crippen LogP contribution in [0.1, 0.15) is 5.56 Å². The molecule has 0 amide bonds. The van der Waals surface area contributed by atoms with E-state index >= 15 is 0 Å². The van der Waals surface area contributed by atoms with Crippen LogP contribution in [0.15, 0.2) is 30.3 Å². The predicted octanol–water partition coefficient (Wildman–Crippen LogP) is 1.91. The maximum atomic E-state index is 10.7. The highest BCUT2D eigenvalue weighted by Gasteiger charge is 2.04. The third-order valence-electron chi connectivity index (χ3n) is 1.18. The van der Waals surface area contributed by atoms with Crippen LogP contribution in [0.4, 0.5) is 0 Å². The smallest absolute Gasteiger partial charge is 0.213 e. The SMILES string of the molecule is O=S(=O)(Br)Cc1ccccc1. The van der Waals surface area contributed by atoms with Crippen molar-refractivity contribution in [3.05, 3.63) is 35.9 Å². The van der Waals surface area contributed by atoms with Crippen molar-refractivity contribution in [3.8, 4) is 0 Å². The zero-order chi connectivity index (χ0) is 8.32. The quantitative estimate of drug-likeness (QED) is 0.734. The number of rotatable bonds is 2. The minimum Gasteiger partial charge on any atom is -0.217 e. The van der Waals surface area contributed by atoms with Gasteiger partial charge in [0, 0.05) is 0 Å². The Morgan fingerprint density at radius 3 is 2.18 bits per heavy atom. The second-order valence-electron chi connectivity index (χ2n) is 2.17. The van der Waals surface area contributed by atoms with Crippen molar-refractivity contribution in [2.75, 3.05) is 0 Å². The number of halogens is 1. The first-order valence-corrected chi connectivity index (χ1v) is 6.54. The molecule has 0 saturated carbocycles. The van der Waals surface area contributed by atoms with Gasteiger partial charge in [-0.2, -0.15) is 0 Å². The summed E-state index contributed by atoms with van der Waals surface area (Å²) >= 11 is 2.59. The van der Waals surface area contributed by atoms with Crippen LogP contribution in [-0.4, -0.2) is 8.42 Å². The van der Waals surface area contributed by atoms with Crippen molar-refractivity contribution in [1.82, 2.24) is 0 Å². The van der Waals surface area contributed by atoms with Gasteiger partial charge >= 0.3 is 0 Å². The summed E-state index contributed by atoms with van der Waals surface area (Å²) < 4.78 is 21.4. The molecule has 1 rings (SSSR count). The molecule has 0 saturated heterocycles. The lowest BCUT2D eigenvalue weighted by molar-refractivity contribution is 0.611. The Hall–Kier alpha value is -0.350. The summed E-state index contributed by atoms with van der Waals surface area (Å²) in [6.07, 6.45) is 0. The normalized spacial score (nSPS) is 11.4. The summed E-state index contributed by atoms with van der Waals surface area (Å²) in [6, 6.07) is 9.03. The maximum absolute atomic E-state index is 10.7. The molecule has 11 heavy (non-hydrogen) atoms. The molecule has 0 radical (unpaired) electrons. The Morgan fingerprint density at radius 1 is 1.18 bits per heavy atom. The summed E-state index contributed by atoms with van der Waals surface area (Å²) in [6.45, 7) is 0. The van der Waals surface area contributed by atoms with Crippen LogP contribution in [0.25, 0.3) is 0 Å². The van der Waals surface area contributed by atoms with Gasteiger partial charge in [-0.25, -0.2) is 8.42 Å². The fourth-order valence-electron chi connectivity index (χ4n) is 0.773. The Morgan fingerprint density at radius 2 is 1.73 bits per heavy atom. The first-order valence-electron chi connectivity index (χ1n) is 3.04. The first kappa shape index (κ1) is 8.74. The third kappa shape index (κ3) is 3.53. The van der Waals surface area contributed by atoms with Crippen molar-refractivity contribution < 1.29 is 8.42 Å². The van der Waals surface area contributed by atoms with E-state index in [2.05, 4.69) is 14.8 Å². The molecule has 0 fully saturated rings. The predicted molar refractivity (Wildman–Crippen MR) is 48.0 cm³/mol. The average Bonchev–Trinajstić information content (AvgIpc) is 1.85. The fraction of sp³-hybridized carbons (Fsp3) is 0.143. The molecule has 0 N–H and O–H groups in total. The number of hydrogen-bond donors (Lipinski definition) is 0. The Kier molecular flexibility index (Phi) is 2.67. The second-order valence-corrected chi connectivity index (χ2v) is 6.49. The Labute approximate surface area is 73.4 Å². The van der Waals surface area contributed by atoms with Crippen molar-refractivity contribution in [1.29, 1.82) is 0 Å². The van der Waals surface area contributed by atoms with Gasteiger partial charge in [-0.05, 0) is 5.56 Å². The number of benzene rings is 1. The lowest BCUT2D eigenvalue weighted by Crippen LogP contribution is -1.93. The fourth-order valence-corrected chi connectivity index (χ4v) is 2.16.